The van der Waals surface area contributed by atoms with Gasteiger partial charge in [0.2, 0.25) is 0 Å². The molecule has 0 aliphatic heterocycles. The molecule has 0 unspecified atom stereocenters. The van der Waals surface area contributed by atoms with Gasteiger partial charge in [-0.1, -0.05) is 23.8 Å². The molecule has 0 atom stereocenters. The summed E-state index contributed by atoms with van der Waals surface area (Å²) >= 11 is 0. The lowest BCUT2D eigenvalue weighted by Gasteiger charge is -1.82. The Kier molecular flexibility index (Phi) is 2.07. The van der Waals surface area contributed by atoms with Crippen molar-refractivity contribution in [2.24, 2.45) is 0 Å². The minimum atomic E-state index is 0.758. The van der Waals surface area contributed by atoms with Gasteiger partial charge in [-0.25, -0.2) is 0 Å². The van der Waals surface area contributed by atoms with Crippen LogP contribution >= 0.6 is 0 Å². The summed E-state index contributed by atoms with van der Waals surface area (Å²) in [6.45, 7) is 2.03. The molecule has 0 aromatic carbocycles. The number of allylic oxidation sites excluding steroid dienone is 6. The van der Waals surface area contributed by atoms with Gasteiger partial charge in [-0.05, 0) is 19.4 Å². The molecule has 50 valence electrons. The van der Waals surface area contributed by atoms with E-state index in [2.05, 4.69) is 12.1 Å². The van der Waals surface area contributed by atoms with Crippen molar-refractivity contribution < 1.29 is 0 Å². The van der Waals surface area contributed by atoms with E-state index < -0.39 is 0 Å². The van der Waals surface area contributed by atoms with E-state index in [0.29, 0.717) is 0 Å². The van der Waals surface area contributed by atoms with Crippen LogP contribution < -0.4 is 0 Å². The normalized spacial score (nSPS) is 16.8. The molecule has 0 N–H and O–H groups in total. The van der Waals surface area contributed by atoms with Crippen LogP contribution in [-0.4, -0.2) is 0 Å². The number of rotatable bonds is 0. The van der Waals surface area contributed by atoms with Crippen LogP contribution in [0.2, 0.25) is 0 Å². The number of nitriles is 1. The molecule has 1 rings (SSSR count). The monoisotopic (exact) mass is 131 g/mol. The maximum Gasteiger partial charge on any atom is 0.0988 e. The van der Waals surface area contributed by atoms with E-state index in [9.17, 15) is 0 Å². The molecule has 0 saturated carbocycles. The van der Waals surface area contributed by atoms with Crippen LogP contribution in [0.4, 0.5) is 0 Å². The van der Waals surface area contributed by atoms with E-state index in [-0.39, 0.29) is 0 Å². The fraction of sp³-hybridized carbons (Fsp3) is 0.222. The van der Waals surface area contributed by atoms with Gasteiger partial charge in [-0.15, -0.1) is 0 Å². The Labute approximate surface area is 61.0 Å². The summed E-state index contributed by atoms with van der Waals surface area (Å²) in [6, 6.07) is 2.11. The molecule has 0 fully saturated rings. The molecule has 0 saturated heterocycles. The Balaban J connectivity index is 2.82. The first kappa shape index (κ1) is 6.82. The highest BCUT2D eigenvalue weighted by atomic mass is 14.2. The van der Waals surface area contributed by atoms with E-state index >= 15 is 0 Å². The molecule has 1 aliphatic carbocycles. The summed E-state index contributed by atoms with van der Waals surface area (Å²) < 4.78 is 0. The summed E-state index contributed by atoms with van der Waals surface area (Å²) in [5.41, 5.74) is 1.98. The van der Waals surface area contributed by atoms with E-state index in [0.717, 1.165) is 12.0 Å². The zero-order valence-corrected chi connectivity index (χ0v) is 5.96. The van der Waals surface area contributed by atoms with Crippen LogP contribution in [0.1, 0.15) is 13.3 Å². The Hall–Kier alpha value is -1.29. The number of hydrogen-bond acceptors (Lipinski definition) is 1. The average Bonchev–Trinajstić information content (AvgIpc) is 2.14. The second-order valence-corrected chi connectivity index (χ2v) is 2.29. The summed E-state index contributed by atoms with van der Waals surface area (Å²) in [4.78, 5) is 0. The van der Waals surface area contributed by atoms with Crippen LogP contribution in [-0.2, 0) is 0 Å². The molecule has 10 heavy (non-hydrogen) atoms. The number of hydrogen-bond donors (Lipinski definition) is 0. The maximum atomic E-state index is 8.51. The molecule has 0 radical (unpaired) electrons. The molecular weight excluding hydrogens is 122 g/mol. The molecule has 0 amide bonds. The fourth-order valence-electron chi connectivity index (χ4n) is 0.812. The predicted molar refractivity (Wildman–Crippen MR) is 41.2 cm³/mol. The second-order valence-electron chi connectivity index (χ2n) is 2.29. The third kappa shape index (κ3) is 1.60. The summed E-state index contributed by atoms with van der Waals surface area (Å²) in [7, 11) is 0. The van der Waals surface area contributed by atoms with Crippen LogP contribution in [0.25, 0.3) is 0 Å². The van der Waals surface area contributed by atoms with Crippen molar-refractivity contribution in [3.05, 3.63) is 35.5 Å². The predicted octanol–water partition coefficient (Wildman–Crippen LogP) is 2.34. The summed E-state index contributed by atoms with van der Waals surface area (Å²) in [5.74, 6) is 0. The van der Waals surface area contributed by atoms with Gasteiger partial charge in [0.15, 0.2) is 0 Å². The highest BCUT2D eigenvalue weighted by molar-refractivity contribution is 5.39. The van der Waals surface area contributed by atoms with Gasteiger partial charge in [0.05, 0.1) is 6.07 Å². The average molecular weight is 131 g/mol. The van der Waals surface area contributed by atoms with Gasteiger partial charge in [0.25, 0.3) is 0 Å². The highest BCUT2D eigenvalue weighted by Crippen LogP contribution is 2.08. The van der Waals surface area contributed by atoms with E-state index in [1.54, 1.807) is 0 Å². The van der Waals surface area contributed by atoms with Gasteiger partial charge in [0.1, 0.15) is 0 Å². The van der Waals surface area contributed by atoms with Crippen molar-refractivity contribution in [2.75, 3.05) is 0 Å². The number of nitrogens with zero attached hydrogens (tertiary/aromatic N) is 1. The molecular formula is C9H9N. The highest BCUT2D eigenvalue weighted by Gasteiger charge is 1.91. The lowest BCUT2D eigenvalue weighted by Crippen LogP contribution is -1.67. The van der Waals surface area contributed by atoms with Crippen molar-refractivity contribution in [1.29, 1.82) is 5.26 Å². The topological polar surface area (TPSA) is 23.8 Å². The minimum Gasteiger partial charge on any atom is -0.192 e. The van der Waals surface area contributed by atoms with Crippen molar-refractivity contribution in [3.63, 3.8) is 0 Å². The SMILES string of the molecule is CC1=CCC=C(C#N)C=C1. The third-order valence-electron chi connectivity index (χ3n) is 1.43. The molecule has 0 aromatic heterocycles. The molecule has 1 nitrogen and oxygen atoms in total. The molecule has 1 heteroatoms. The van der Waals surface area contributed by atoms with Crippen molar-refractivity contribution in [2.45, 2.75) is 13.3 Å². The smallest absolute Gasteiger partial charge is 0.0988 e. The van der Waals surface area contributed by atoms with E-state index in [1.165, 1.54) is 5.57 Å². The van der Waals surface area contributed by atoms with Gasteiger partial charge in [-0.2, -0.15) is 5.26 Å². The quantitative estimate of drug-likeness (QED) is 0.495. The minimum absolute atomic E-state index is 0.758. The van der Waals surface area contributed by atoms with Crippen LogP contribution in [0.3, 0.4) is 0 Å². The summed E-state index contributed by atoms with van der Waals surface area (Å²) in [6.07, 6.45) is 8.70. The van der Waals surface area contributed by atoms with E-state index in [1.807, 2.05) is 25.2 Å². The van der Waals surface area contributed by atoms with Crippen LogP contribution in [0.15, 0.2) is 35.5 Å². The molecule has 1 aliphatic rings. The maximum absolute atomic E-state index is 8.51. The zero-order chi connectivity index (χ0) is 7.40. The molecule has 0 spiro atoms. The zero-order valence-electron chi connectivity index (χ0n) is 5.96. The van der Waals surface area contributed by atoms with Crippen LogP contribution in [0.5, 0.6) is 0 Å². The van der Waals surface area contributed by atoms with Gasteiger partial charge < -0.3 is 0 Å². The largest absolute Gasteiger partial charge is 0.192 e. The van der Waals surface area contributed by atoms with Gasteiger partial charge in [-0.3, -0.25) is 0 Å². The van der Waals surface area contributed by atoms with Gasteiger partial charge in [0, 0.05) is 5.57 Å². The van der Waals surface area contributed by atoms with Crippen LogP contribution in [0, 0.1) is 11.3 Å². The fourth-order valence-corrected chi connectivity index (χ4v) is 0.812. The Morgan fingerprint density at radius 1 is 1.40 bits per heavy atom. The first-order valence-corrected chi connectivity index (χ1v) is 3.28. The van der Waals surface area contributed by atoms with E-state index in [4.69, 9.17) is 5.26 Å². The second kappa shape index (κ2) is 3.03. The molecule has 0 heterocycles. The Bertz CT molecular complexity index is 248. The summed E-state index contributed by atoms with van der Waals surface area (Å²) in [5, 5.41) is 8.51. The van der Waals surface area contributed by atoms with Crippen molar-refractivity contribution >= 4 is 0 Å². The third-order valence-corrected chi connectivity index (χ3v) is 1.43. The standard InChI is InChI=1S/C9H9N/c1-8-3-2-4-9(7-10)6-5-8/h3-6H,2H2,1H3. The van der Waals surface area contributed by atoms with Crippen molar-refractivity contribution in [3.8, 4) is 6.07 Å². The van der Waals surface area contributed by atoms with Gasteiger partial charge >= 0.3 is 0 Å². The lowest BCUT2D eigenvalue weighted by atomic mass is 10.2. The first-order chi connectivity index (χ1) is 4.83. The molecule has 0 bridgehead atoms. The lowest BCUT2D eigenvalue weighted by molar-refractivity contribution is 1.34. The Morgan fingerprint density at radius 2 is 2.20 bits per heavy atom. The Morgan fingerprint density at radius 3 is 2.90 bits per heavy atom. The molecule has 0 aromatic rings. The van der Waals surface area contributed by atoms with Crippen molar-refractivity contribution in [1.82, 2.24) is 0 Å². The first-order valence-electron chi connectivity index (χ1n) is 3.28.